The van der Waals surface area contributed by atoms with Gasteiger partial charge in [0.05, 0.1) is 5.69 Å². The SMILES string of the molecule is Cc1nc2sccn2c1C(=O)NCc1cc(Cl)cc(Cl)c1. The second-order valence-electron chi connectivity index (χ2n) is 4.56. The van der Waals surface area contributed by atoms with E-state index in [0.29, 0.717) is 28.0 Å². The van der Waals surface area contributed by atoms with E-state index in [1.807, 2.05) is 18.5 Å². The van der Waals surface area contributed by atoms with Crippen molar-refractivity contribution in [2.75, 3.05) is 0 Å². The van der Waals surface area contributed by atoms with Crippen molar-refractivity contribution < 1.29 is 4.79 Å². The van der Waals surface area contributed by atoms with Crippen LogP contribution in [0.5, 0.6) is 0 Å². The molecule has 3 aromatic rings. The number of halogens is 2. The zero-order valence-corrected chi connectivity index (χ0v) is 13.4. The number of carbonyl (C=O) groups is 1. The number of hydrogen-bond donors (Lipinski definition) is 1. The Hall–Kier alpha value is -1.56. The molecular weight excluding hydrogens is 329 g/mol. The van der Waals surface area contributed by atoms with E-state index in [4.69, 9.17) is 23.2 Å². The monoisotopic (exact) mass is 339 g/mol. The van der Waals surface area contributed by atoms with E-state index in [2.05, 4.69) is 10.3 Å². The molecule has 4 nitrogen and oxygen atoms in total. The van der Waals surface area contributed by atoms with Gasteiger partial charge in [0.2, 0.25) is 0 Å². The fourth-order valence-corrected chi connectivity index (χ4v) is 3.48. The molecule has 0 bridgehead atoms. The van der Waals surface area contributed by atoms with E-state index in [1.165, 1.54) is 11.3 Å². The van der Waals surface area contributed by atoms with Gasteiger partial charge in [-0.15, -0.1) is 11.3 Å². The molecule has 0 aliphatic heterocycles. The Labute approximate surface area is 135 Å². The predicted octanol–water partition coefficient (Wildman–Crippen LogP) is 3.94. The maximum absolute atomic E-state index is 12.3. The van der Waals surface area contributed by atoms with E-state index in [9.17, 15) is 4.79 Å². The maximum atomic E-state index is 12.3. The largest absolute Gasteiger partial charge is 0.347 e. The maximum Gasteiger partial charge on any atom is 0.270 e. The zero-order chi connectivity index (χ0) is 15.0. The van der Waals surface area contributed by atoms with Gasteiger partial charge in [-0.2, -0.15) is 0 Å². The van der Waals surface area contributed by atoms with Gasteiger partial charge in [-0.25, -0.2) is 4.98 Å². The highest BCUT2D eigenvalue weighted by Gasteiger charge is 2.16. The van der Waals surface area contributed by atoms with E-state index < -0.39 is 0 Å². The van der Waals surface area contributed by atoms with Crippen LogP contribution >= 0.6 is 34.5 Å². The van der Waals surface area contributed by atoms with E-state index in [1.54, 1.807) is 22.6 Å². The molecule has 0 fully saturated rings. The smallest absolute Gasteiger partial charge is 0.270 e. The average molecular weight is 340 g/mol. The van der Waals surface area contributed by atoms with E-state index in [0.717, 1.165) is 10.5 Å². The first-order valence-electron chi connectivity index (χ1n) is 6.20. The fraction of sp³-hybridized carbons (Fsp3) is 0.143. The Morgan fingerprint density at radius 2 is 2.05 bits per heavy atom. The van der Waals surface area contributed by atoms with Crippen molar-refractivity contribution in [3.63, 3.8) is 0 Å². The number of aromatic nitrogens is 2. The number of thiazole rings is 1. The van der Waals surface area contributed by atoms with Gasteiger partial charge in [-0.05, 0) is 30.7 Å². The van der Waals surface area contributed by atoms with Gasteiger partial charge in [0.1, 0.15) is 5.69 Å². The Bertz CT molecular complexity index is 805. The lowest BCUT2D eigenvalue weighted by Gasteiger charge is -2.06. The van der Waals surface area contributed by atoms with Gasteiger partial charge in [0.25, 0.3) is 5.91 Å². The predicted molar refractivity (Wildman–Crippen MR) is 85.4 cm³/mol. The molecule has 0 radical (unpaired) electrons. The van der Waals surface area contributed by atoms with Crippen molar-refractivity contribution in [2.24, 2.45) is 0 Å². The van der Waals surface area contributed by atoms with Crippen LogP contribution in [0, 0.1) is 6.92 Å². The molecule has 0 atom stereocenters. The molecule has 0 aliphatic rings. The highest BCUT2D eigenvalue weighted by atomic mass is 35.5. The molecule has 21 heavy (non-hydrogen) atoms. The third-order valence-corrected chi connectivity index (χ3v) is 4.22. The summed E-state index contributed by atoms with van der Waals surface area (Å²) in [6, 6.07) is 5.21. The summed E-state index contributed by atoms with van der Waals surface area (Å²) in [5.74, 6) is -0.172. The van der Waals surface area contributed by atoms with Crippen LogP contribution in [0.4, 0.5) is 0 Å². The Morgan fingerprint density at radius 3 is 2.76 bits per heavy atom. The lowest BCUT2D eigenvalue weighted by Crippen LogP contribution is -2.24. The number of carbonyl (C=O) groups excluding carboxylic acids is 1. The minimum atomic E-state index is -0.172. The number of nitrogens with zero attached hydrogens (tertiary/aromatic N) is 2. The molecule has 0 unspecified atom stereocenters. The molecule has 0 aliphatic carbocycles. The van der Waals surface area contributed by atoms with Gasteiger partial charge in [-0.1, -0.05) is 23.2 Å². The number of rotatable bonds is 3. The van der Waals surface area contributed by atoms with Crippen LogP contribution in [0.3, 0.4) is 0 Å². The topological polar surface area (TPSA) is 46.4 Å². The highest BCUT2D eigenvalue weighted by molar-refractivity contribution is 7.15. The van der Waals surface area contributed by atoms with Crippen molar-refractivity contribution >= 4 is 45.4 Å². The summed E-state index contributed by atoms with van der Waals surface area (Å²) in [6.07, 6.45) is 1.84. The van der Waals surface area contributed by atoms with E-state index >= 15 is 0 Å². The van der Waals surface area contributed by atoms with Crippen LogP contribution in [-0.4, -0.2) is 15.3 Å². The third-order valence-electron chi connectivity index (χ3n) is 3.03. The van der Waals surface area contributed by atoms with Crippen molar-refractivity contribution in [2.45, 2.75) is 13.5 Å². The van der Waals surface area contributed by atoms with Crippen LogP contribution in [0.1, 0.15) is 21.7 Å². The molecule has 2 aromatic heterocycles. The number of aryl methyl sites for hydroxylation is 1. The zero-order valence-electron chi connectivity index (χ0n) is 11.1. The number of amides is 1. The van der Waals surface area contributed by atoms with E-state index in [-0.39, 0.29) is 5.91 Å². The van der Waals surface area contributed by atoms with Crippen LogP contribution in [0.15, 0.2) is 29.8 Å². The fourth-order valence-electron chi connectivity index (χ4n) is 2.15. The molecule has 1 aromatic carbocycles. The number of hydrogen-bond acceptors (Lipinski definition) is 3. The van der Waals surface area contributed by atoms with Gasteiger partial charge in [0.15, 0.2) is 4.96 Å². The molecular formula is C14H11Cl2N3OS. The summed E-state index contributed by atoms with van der Waals surface area (Å²) in [4.78, 5) is 17.5. The van der Waals surface area contributed by atoms with Crippen molar-refractivity contribution in [3.8, 4) is 0 Å². The first kappa shape index (κ1) is 14.4. The highest BCUT2D eigenvalue weighted by Crippen LogP contribution is 2.20. The number of fused-ring (bicyclic) bond motifs is 1. The van der Waals surface area contributed by atoms with Gasteiger partial charge in [-0.3, -0.25) is 9.20 Å². The van der Waals surface area contributed by atoms with Gasteiger partial charge in [0, 0.05) is 28.2 Å². The van der Waals surface area contributed by atoms with Crippen LogP contribution in [-0.2, 0) is 6.54 Å². The van der Waals surface area contributed by atoms with Gasteiger partial charge < -0.3 is 5.32 Å². The number of nitrogens with one attached hydrogen (secondary N) is 1. The van der Waals surface area contributed by atoms with Crippen LogP contribution in [0.25, 0.3) is 4.96 Å². The average Bonchev–Trinajstić information content (AvgIpc) is 2.94. The summed E-state index contributed by atoms with van der Waals surface area (Å²) >= 11 is 13.4. The second kappa shape index (κ2) is 5.67. The summed E-state index contributed by atoms with van der Waals surface area (Å²) in [5, 5.41) is 5.86. The van der Waals surface area contributed by atoms with Crippen molar-refractivity contribution in [1.82, 2.24) is 14.7 Å². The standard InChI is InChI=1S/C14H11Cl2N3OS/c1-8-12(19-2-3-21-14(19)18-8)13(20)17-7-9-4-10(15)6-11(16)5-9/h2-6H,7H2,1H3,(H,17,20). The Kier molecular flexibility index (Phi) is 3.89. The quantitative estimate of drug-likeness (QED) is 0.785. The lowest BCUT2D eigenvalue weighted by molar-refractivity contribution is 0.0944. The molecule has 7 heteroatoms. The first-order valence-corrected chi connectivity index (χ1v) is 7.83. The lowest BCUT2D eigenvalue weighted by atomic mass is 10.2. The molecule has 0 spiro atoms. The number of benzene rings is 1. The molecule has 1 amide bonds. The molecule has 2 heterocycles. The first-order chi connectivity index (χ1) is 10.0. The second-order valence-corrected chi connectivity index (χ2v) is 6.31. The Balaban J connectivity index is 1.80. The summed E-state index contributed by atoms with van der Waals surface area (Å²) in [6.45, 7) is 2.18. The molecule has 0 saturated heterocycles. The molecule has 1 N–H and O–H groups in total. The Morgan fingerprint density at radius 1 is 1.33 bits per heavy atom. The molecule has 3 rings (SSSR count). The third kappa shape index (κ3) is 2.90. The van der Waals surface area contributed by atoms with Crippen LogP contribution in [0.2, 0.25) is 10.0 Å². The van der Waals surface area contributed by atoms with Crippen molar-refractivity contribution in [1.29, 1.82) is 0 Å². The summed E-state index contributed by atoms with van der Waals surface area (Å²) < 4.78 is 1.79. The summed E-state index contributed by atoms with van der Waals surface area (Å²) in [7, 11) is 0. The molecule has 108 valence electrons. The normalized spacial score (nSPS) is 11.0. The molecule has 0 saturated carbocycles. The minimum absolute atomic E-state index is 0.172. The summed E-state index contributed by atoms with van der Waals surface area (Å²) in [5.41, 5.74) is 2.12. The van der Waals surface area contributed by atoms with Gasteiger partial charge >= 0.3 is 0 Å². The minimum Gasteiger partial charge on any atom is -0.347 e. The van der Waals surface area contributed by atoms with Crippen molar-refractivity contribution in [3.05, 3.63) is 56.8 Å². The number of imidazole rings is 1. The van der Waals surface area contributed by atoms with Crippen LogP contribution < -0.4 is 5.32 Å².